The van der Waals surface area contributed by atoms with Gasteiger partial charge < -0.3 is 11.5 Å². The second-order valence-corrected chi connectivity index (χ2v) is 9.83. The van der Waals surface area contributed by atoms with Crippen molar-refractivity contribution in [2.24, 2.45) is 0 Å². The van der Waals surface area contributed by atoms with E-state index in [1.165, 1.54) is 32.9 Å². The molecule has 0 amide bonds. The van der Waals surface area contributed by atoms with Crippen molar-refractivity contribution in [2.75, 3.05) is 37.6 Å². The predicted molar refractivity (Wildman–Crippen MR) is 99.2 cm³/mol. The summed E-state index contributed by atoms with van der Waals surface area (Å²) in [4.78, 5) is 0.203. The van der Waals surface area contributed by atoms with Crippen molar-refractivity contribution in [1.29, 1.82) is 0 Å². The van der Waals surface area contributed by atoms with E-state index in [2.05, 4.69) is 0 Å². The van der Waals surface area contributed by atoms with Crippen LogP contribution in [0.2, 0.25) is 0 Å². The van der Waals surface area contributed by atoms with E-state index >= 15 is 0 Å². The molecule has 1 heterocycles. The summed E-state index contributed by atoms with van der Waals surface area (Å²) in [7, 11) is -7.43. The maximum atomic E-state index is 12.7. The number of hydrogen-bond acceptors (Lipinski definition) is 6. The van der Waals surface area contributed by atoms with Gasteiger partial charge in [0.25, 0.3) is 0 Å². The van der Waals surface area contributed by atoms with Gasteiger partial charge in [-0.15, -0.1) is 0 Å². The minimum Gasteiger partial charge on any atom is -0.399 e. The standard InChI is InChI=1S/C16H20N4O4S2/c17-13-3-1-5-15(11-13)25(21,22)19-7-9-20(10-8-19)26(23,24)16-6-2-4-14(18)12-16/h1-6,11-12H,7-10,17-18H2. The molecule has 0 atom stereocenters. The fourth-order valence-electron chi connectivity index (χ4n) is 2.80. The molecule has 10 heteroatoms. The Bertz CT molecular complexity index is 931. The molecule has 3 rings (SSSR count). The molecule has 0 bridgehead atoms. The maximum absolute atomic E-state index is 12.7. The minimum atomic E-state index is -3.71. The number of nitrogen functional groups attached to an aromatic ring is 2. The van der Waals surface area contributed by atoms with Gasteiger partial charge in [-0.3, -0.25) is 0 Å². The van der Waals surface area contributed by atoms with E-state index in [1.54, 1.807) is 24.3 Å². The lowest BCUT2D eigenvalue weighted by Gasteiger charge is -2.33. The molecule has 2 aromatic carbocycles. The molecule has 4 N–H and O–H groups in total. The van der Waals surface area contributed by atoms with E-state index in [4.69, 9.17) is 11.5 Å². The fourth-order valence-corrected chi connectivity index (χ4v) is 5.75. The first-order chi connectivity index (χ1) is 12.2. The van der Waals surface area contributed by atoms with E-state index in [9.17, 15) is 16.8 Å². The summed E-state index contributed by atoms with van der Waals surface area (Å²) in [6, 6.07) is 12.1. The third-order valence-corrected chi connectivity index (χ3v) is 7.98. The number of hydrogen-bond donors (Lipinski definition) is 2. The van der Waals surface area contributed by atoms with Crippen LogP contribution in [0.3, 0.4) is 0 Å². The van der Waals surface area contributed by atoms with E-state index in [0.717, 1.165) is 0 Å². The molecular formula is C16H20N4O4S2. The smallest absolute Gasteiger partial charge is 0.243 e. The summed E-state index contributed by atoms with van der Waals surface area (Å²) in [5.41, 5.74) is 12.0. The third-order valence-electron chi connectivity index (χ3n) is 4.19. The highest BCUT2D eigenvalue weighted by Gasteiger charge is 2.33. The normalized spacial score (nSPS) is 17.2. The maximum Gasteiger partial charge on any atom is 0.243 e. The van der Waals surface area contributed by atoms with E-state index in [1.807, 2.05) is 0 Å². The van der Waals surface area contributed by atoms with Gasteiger partial charge in [0.15, 0.2) is 0 Å². The first-order valence-electron chi connectivity index (χ1n) is 7.93. The Kier molecular flexibility index (Phi) is 4.93. The van der Waals surface area contributed by atoms with Crippen LogP contribution in [0.4, 0.5) is 11.4 Å². The van der Waals surface area contributed by atoms with Crippen molar-refractivity contribution < 1.29 is 16.8 Å². The van der Waals surface area contributed by atoms with Crippen LogP contribution in [0.1, 0.15) is 0 Å². The number of nitrogens with two attached hydrogens (primary N) is 2. The van der Waals surface area contributed by atoms with Crippen molar-refractivity contribution in [3.63, 3.8) is 0 Å². The molecule has 0 aliphatic carbocycles. The van der Waals surface area contributed by atoms with Crippen molar-refractivity contribution in [1.82, 2.24) is 8.61 Å². The van der Waals surface area contributed by atoms with Crippen LogP contribution in [0.5, 0.6) is 0 Å². The second-order valence-electron chi connectivity index (χ2n) is 5.95. The Labute approximate surface area is 153 Å². The lowest BCUT2D eigenvalue weighted by Crippen LogP contribution is -2.50. The summed E-state index contributed by atoms with van der Waals surface area (Å²) >= 11 is 0. The average Bonchev–Trinajstić information content (AvgIpc) is 2.62. The number of sulfonamides is 2. The molecule has 0 unspecified atom stereocenters. The lowest BCUT2D eigenvalue weighted by molar-refractivity contribution is 0.273. The predicted octanol–water partition coefficient (Wildman–Crippen LogP) is 0.546. The number of benzene rings is 2. The fraction of sp³-hybridized carbons (Fsp3) is 0.250. The molecule has 2 aromatic rings. The van der Waals surface area contributed by atoms with Crippen LogP contribution in [0.25, 0.3) is 0 Å². The zero-order valence-electron chi connectivity index (χ0n) is 13.9. The zero-order chi connectivity index (χ0) is 18.9. The Hall–Kier alpha value is -2.14. The number of nitrogens with zero attached hydrogens (tertiary/aromatic N) is 2. The second kappa shape index (κ2) is 6.88. The van der Waals surface area contributed by atoms with E-state index in [0.29, 0.717) is 11.4 Å². The molecule has 0 radical (unpaired) electrons. The Morgan fingerprint density at radius 2 is 1.00 bits per heavy atom. The van der Waals surface area contributed by atoms with Crippen molar-refractivity contribution in [2.45, 2.75) is 9.79 Å². The molecule has 140 valence electrons. The SMILES string of the molecule is Nc1cccc(S(=O)(=O)N2CCN(S(=O)(=O)c3cccc(N)c3)CC2)c1. The molecule has 1 aliphatic heterocycles. The minimum absolute atomic E-state index is 0.0681. The topological polar surface area (TPSA) is 127 Å². The Morgan fingerprint density at radius 1 is 0.654 bits per heavy atom. The lowest BCUT2D eigenvalue weighted by atomic mass is 10.3. The van der Waals surface area contributed by atoms with Crippen molar-refractivity contribution >= 4 is 31.4 Å². The molecule has 8 nitrogen and oxygen atoms in total. The molecule has 1 aliphatic rings. The van der Waals surface area contributed by atoms with Gasteiger partial charge in [-0.05, 0) is 36.4 Å². The summed E-state index contributed by atoms with van der Waals surface area (Å²) in [6.45, 7) is 0.273. The van der Waals surface area contributed by atoms with Crippen LogP contribution >= 0.6 is 0 Å². The van der Waals surface area contributed by atoms with Gasteiger partial charge in [0.1, 0.15) is 0 Å². The molecule has 0 spiro atoms. The number of anilines is 2. The monoisotopic (exact) mass is 396 g/mol. The molecule has 0 saturated carbocycles. The largest absolute Gasteiger partial charge is 0.399 e. The van der Waals surface area contributed by atoms with Gasteiger partial charge in [-0.2, -0.15) is 8.61 Å². The summed E-state index contributed by atoms with van der Waals surface area (Å²) < 4.78 is 53.3. The third kappa shape index (κ3) is 3.54. The Balaban J connectivity index is 1.77. The van der Waals surface area contributed by atoms with Gasteiger partial charge in [-0.1, -0.05) is 12.1 Å². The Morgan fingerprint density at radius 3 is 1.31 bits per heavy atom. The summed E-state index contributed by atoms with van der Waals surface area (Å²) in [5.74, 6) is 0. The van der Waals surface area contributed by atoms with Crippen LogP contribution < -0.4 is 11.5 Å². The van der Waals surface area contributed by atoms with E-state index in [-0.39, 0.29) is 36.0 Å². The summed E-state index contributed by atoms with van der Waals surface area (Å²) in [5, 5.41) is 0. The van der Waals surface area contributed by atoms with Crippen molar-refractivity contribution in [3.8, 4) is 0 Å². The number of rotatable bonds is 4. The van der Waals surface area contributed by atoms with Crippen LogP contribution in [-0.4, -0.2) is 51.6 Å². The highest BCUT2D eigenvalue weighted by molar-refractivity contribution is 7.89. The van der Waals surface area contributed by atoms with Gasteiger partial charge in [-0.25, -0.2) is 16.8 Å². The quantitative estimate of drug-likeness (QED) is 0.727. The highest BCUT2D eigenvalue weighted by Crippen LogP contribution is 2.23. The van der Waals surface area contributed by atoms with Gasteiger partial charge in [0, 0.05) is 37.6 Å². The van der Waals surface area contributed by atoms with Crippen LogP contribution in [0.15, 0.2) is 58.3 Å². The van der Waals surface area contributed by atoms with E-state index < -0.39 is 20.0 Å². The molecule has 26 heavy (non-hydrogen) atoms. The zero-order valence-corrected chi connectivity index (χ0v) is 15.6. The molecular weight excluding hydrogens is 376 g/mol. The molecule has 0 aromatic heterocycles. The summed E-state index contributed by atoms with van der Waals surface area (Å²) in [6.07, 6.45) is 0. The van der Waals surface area contributed by atoms with Gasteiger partial charge >= 0.3 is 0 Å². The average molecular weight is 396 g/mol. The molecule has 1 fully saturated rings. The van der Waals surface area contributed by atoms with Crippen LogP contribution in [0, 0.1) is 0 Å². The number of piperazine rings is 1. The van der Waals surface area contributed by atoms with Crippen molar-refractivity contribution in [3.05, 3.63) is 48.5 Å². The molecule has 1 saturated heterocycles. The van der Waals surface area contributed by atoms with Gasteiger partial charge in [0.2, 0.25) is 20.0 Å². The van der Waals surface area contributed by atoms with Crippen LogP contribution in [-0.2, 0) is 20.0 Å². The van der Waals surface area contributed by atoms with Gasteiger partial charge in [0.05, 0.1) is 9.79 Å². The first kappa shape index (κ1) is 18.6. The first-order valence-corrected chi connectivity index (χ1v) is 10.8. The highest BCUT2D eigenvalue weighted by atomic mass is 32.2.